The van der Waals surface area contributed by atoms with E-state index in [1.807, 2.05) is 60.7 Å². The Morgan fingerprint density at radius 2 is 0.820 bits per heavy atom. The lowest BCUT2D eigenvalue weighted by atomic mass is 10.1. The number of para-hydroxylation sites is 2. The van der Waals surface area contributed by atoms with Gasteiger partial charge in [-0.2, -0.15) is 0 Å². The summed E-state index contributed by atoms with van der Waals surface area (Å²) in [6, 6.07) is 54.3. The van der Waals surface area contributed by atoms with Gasteiger partial charge in [-0.15, -0.1) is 0 Å². The topological polar surface area (TPSA) is 61.9 Å². The second-order valence-corrected chi connectivity index (χ2v) is 12.6. The van der Waals surface area contributed by atoms with Crippen molar-refractivity contribution in [1.82, 2.24) is 19.1 Å². The Morgan fingerprint density at radius 3 is 1.30 bits per heavy atom. The highest BCUT2D eigenvalue weighted by Gasteiger charge is 2.22. The molecule has 0 saturated heterocycles. The highest BCUT2D eigenvalue weighted by molar-refractivity contribution is 6.18. The maximum absolute atomic E-state index is 6.61. The second kappa shape index (κ2) is 10.3. The Hall–Kier alpha value is -6.92. The van der Waals surface area contributed by atoms with Gasteiger partial charge in [-0.1, -0.05) is 78.9 Å². The second-order valence-electron chi connectivity index (χ2n) is 12.6. The van der Waals surface area contributed by atoms with Crippen molar-refractivity contribution in [3.05, 3.63) is 158 Å². The van der Waals surface area contributed by atoms with Crippen LogP contribution in [0.5, 0.6) is 0 Å². The van der Waals surface area contributed by atoms with Gasteiger partial charge in [0.15, 0.2) is 11.2 Å². The monoisotopic (exact) mass is 642 g/mol. The van der Waals surface area contributed by atoms with Crippen LogP contribution in [0.15, 0.2) is 167 Å². The van der Waals surface area contributed by atoms with Crippen LogP contribution in [-0.2, 0) is 0 Å². The molecule has 0 unspecified atom stereocenters. The molecule has 0 aliphatic rings. The first kappa shape index (κ1) is 27.1. The van der Waals surface area contributed by atoms with E-state index in [2.05, 4.69) is 106 Å². The van der Waals surface area contributed by atoms with E-state index in [9.17, 15) is 0 Å². The van der Waals surface area contributed by atoms with Crippen LogP contribution in [-0.4, -0.2) is 19.1 Å². The minimum Gasteiger partial charge on any atom is -0.434 e. The zero-order valence-corrected chi connectivity index (χ0v) is 26.6. The standard InChI is InChI=1S/C44H26N4O2/c1-3-12-27(13-4-1)43-45-35-24-22-33-31-18-7-9-20-37(31)47(39(33)41(35)49-43)29-16-11-17-30(26-29)48-38-21-10-8-19-32(38)34-23-25-36-42(40(34)48)50-44(46-36)28-14-5-2-6-15-28/h1-26H. The van der Waals surface area contributed by atoms with E-state index in [0.29, 0.717) is 11.8 Å². The van der Waals surface area contributed by atoms with Crippen molar-refractivity contribution in [2.75, 3.05) is 0 Å². The SMILES string of the molecule is c1ccc(-c2nc3ccc4c5ccccc5n(-c5cccc(-n6c7ccccc7c7ccc8nc(-c9ccccc9)oc8c76)c5)c4c3o2)cc1. The molecule has 234 valence electrons. The molecule has 0 N–H and O–H groups in total. The Balaban J connectivity index is 1.19. The molecule has 11 rings (SSSR count). The van der Waals surface area contributed by atoms with Crippen LogP contribution in [0.25, 0.3) is 100 Å². The molecule has 4 aromatic heterocycles. The lowest BCUT2D eigenvalue weighted by Gasteiger charge is -2.13. The predicted molar refractivity (Wildman–Crippen MR) is 201 cm³/mol. The van der Waals surface area contributed by atoms with E-state index in [4.69, 9.17) is 18.8 Å². The molecular formula is C44H26N4O2. The van der Waals surface area contributed by atoms with Gasteiger partial charge >= 0.3 is 0 Å². The lowest BCUT2D eigenvalue weighted by molar-refractivity contribution is 0.621. The zero-order valence-electron chi connectivity index (χ0n) is 26.6. The molecule has 0 aliphatic carbocycles. The van der Waals surface area contributed by atoms with Crippen LogP contribution in [0.3, 0.4) is 0 Å². The number of hydrogen-bond acceptors (Lipinski definition) is 4. The Morgan fingerprint density at radius 1 is 0.380 bits per heavy atom. The van der Waals surface area contributed by atoms with Gasteiger partial charge in [-0.25, -0.2) is 9.97 Å². The van der Waals surface area contributed by atoms with Crippen LogP contribution in [0.2, 0.25) is 0 Å². The molecule has 4 heterocycles. The first-order valence-electron chi connectivity index (χ1n) is 16.7. The predicted octanol–water partition coefficient (Wildman–Crippen LogP) is 11.5. The largest absolute Gasteiger partial charge is 0.434 e. The molecular weight excluding hydrogens is 617 g/mol. The first-order chi connectivity index (χ1) is 24.8. The van der Waals surface area contributed by atoms with Gasteiger partial charge in [0.1, 0.15) is 11.0 Å². The zero-order chi connectivity index (χ0) is 32.8. The van der Waals surface area contributed by atoms with E-state index < -0.39 is 0 Å². The Bertz CT molecular complexity index is 2880. The minimum atomic E-state index is 0.606. The van der Waals surface area contributed by atoms with Crippen molar-refractivity contribution in [3.63, 3.8) is 0 Å². The van der Waals surface area contributed by atoms with Crippen LogP contribution in [0.4, 0.5) is 0 Å². The van der Waals surface area contributed by atoms with E-state index in [-0.39, 0.29) is 0 Å². The fourth-order valence-corrected chi connectivity index (χ4v) is 7.58. The molecule has 0 spiro atoms. The Kier molecular flexibility index (Phi) is 5.57. The third-order valence-electron chi connectivity index (χ3n) is 9.77. The van der Waals surface area contributed by atoms with Crippen molar-refractivity contribution in [2.24, 2.45) is 0 Å². The number of aromatic nitrogens is 4. The third kappa shape index (κ3) is 3.84. The summed E-state index contributed by atoms with van der Waals surface area (Å²) in [5.74, 6) is 1.21. The van der Waals surface area contributed by atoms with Gasteiger partial charge in [0, 0.05) is 44.0 Å². The molecule has 0 fully saturated rings. The first-order valence-corrected chi connectivity index (χ1v) is 16.7. The number of oxazole rings is 2. The lowest BCUT2D eigenvalue weighted by Crippen LogP contribution is -1.99. The number of nitrogens with zero attached hydrogens (tertiary/aromatic N) is 4. The van der Waals surface area contributed by atoms with E-state index in [1.165, 1.54) is 0 Å². The normalized spacial score (nSPS) is 12.0. The minimum absolute atomic E-state index is 0.606. The number of hydrogen-bond donors (Lipinski definition) is 0. The molecule has 0 saturated carbocycles. The summed E-state index contributed by atoms with van der Waals surface area (Å²) < 4.78 is 17.8. The van der Waals surface area contributed by atoms with Gasteiger partial charge in [0.05, 0.1) is 22.1 Å². The highest BCUT2D eigenvalue weighted by atomic mass is 16.4. The number of fused-ring (bicyclic) bond motifs is 10. The van der Waals surface area contributed by atoms with Gasteiger partial charge < -0.3 is 18.0 Å². The molecule has 0 atom stereocenters. The van der Waals surface area contributed by atoms with Crippen LogP contribution in [0, 0.1) is 0 Å². The van der Waals surface area contributed by atoms with Crippen molar-refractivity contribution in [1.29, 1.82) is 0 Å². The number of rotatable bonds is 4. The summed E-state index contributed by atoms with van der Waals surface area (Å²) in [4.78, 5) is 9.83. The van der Waals surface area contributed by atoms with Crippen molar-refractivity contribution < 1.29 is 8.83 Å². The average Bonchev–Trinajstić information content (AvgIpc) is 3.96. The summed E-state index contributed by atoms with van der Waals surface area (Å²) in [5.41, 5.74) is 11.2. The summed E-state index contributed by atoms with van der Waals surface area (Å²) in [6.45, 7) is 0. The average molecular weight is 643 g/mol. The fraction of sp³-hybridized carbons (Fsp3) is 0. The summed E-state index contributed by atoms with van der Waals surface area (Å²) in [7, 11) is 0. The van der Waals surface area contributed by atoms with Crippen LogP contribution in [0.1, 0.15) is 0 Å². The van der Waals surface area contributed by atoms with Gasteiger partial charge in [-0.05, 0) is 78.9 Å². The number of benzene rings is 7. The summed E-state index contributed by atoms with van der Waals surface area (Å²) >= 11 is 0. The van der Waals surface area contributed by atoms with Crippen LogP contribution < -0.4 is 0 Å². The fourth-order valence-electron chi connectivity index (χ4n) is 7.58. The molecule has 0 bridgehead atoms. The molecule has 50 heavy (non-hydrogen) atoms. The summed E-state index contributed by atoms with van der Waals surface area (Å²) in [6.07, 6.45) is 0. The summed E-state index contributed by atoms with van der Waals surface area (Å²) in [5, 5.41) is 4.54. The Labute approximate surface area is 285 Å². The van der Waals surface area contributed by atoms with Gasteiger partial charge in [-0.3, -0.25) is 0 Å². The molecule has 7 aromatic carbocycles. The van der Waals surface area contributed by atoms with Crippen molar-refractivity contribution in [2.45, 2.75) is 0 Å². The van der Waals surface area contributed by atoms with Gasteiger partial charge in [0.2, 0.25) is 11.8 Å². The maximum Gasteiger partial charge on any atom is 0.227 e. The van der Waals surface area contributed by atoms with Crippen LogP contribution >= 0.6 is 0 Å². The van der Waals surface area contributed by atoms with Crippen molar-refractivity contribution >= 4 is 65.8 Å². The molecule has 0 aliphatic heterocycles. The molecule has 0 amide bonds. The highest BCUT2D eigenvalue weighted by Crippen LogP contribution is 2.41. The molecule has 11 aromatic rings. The maximum atomic E-state index is 6.61. The third-order valence-corrected chi connectivity index (χ3v) is 9.77. The molecule has 0 radical (unpaired) electrons. The van der Waals surface area contributed by atoms with E-state index >= 15 is 0 Å². The van der Waals surface area contributed by atoms with Crippen molar-refractivity contribution in [3.8, 4) is 34.3 Å². The smallest absolute Gasteiger partial charge is 0.227 e. The quantitative estimate of drug-likeness (QED) is 0.192. The van der Waals surface area contributed by atoms with E-state index in [1.54, 1.807) is 0 Å². The molecule has 6 nitrogen and oxygen atoms in total. The van der Waals surface area contributed by atoms with E-state index in [0.717, 1.165) is 88.3 Å². The molecule has 6 heteroatoms. The van der Waals surface area contributed by atoms with Gasteiger partial charge in [0.25, 0.3) is 0 Å².